The van der Waals surface area contributed by atoms with Gasteiger partial charge in [-0.25, -0.2) is 9.78 Å². The van der Waals surface area contributed by atoms with Gasteiger partial charge in [-0.05, 0) is 19.1 Å². The molecule has 0 aliphatic heterocycles. The Morgan fingerprint density at radius 3 is 2.95 bits per heavy atom. The first-order valence-corrected chi connectivity index (χ1v) is 6.36. The van der Waals surface area contributed by atoms with Crippen molar-refractivity contribution in [2.24, 2.45) is 0 Å². The molecule has 0 radical (unpaired) electrons. The molecule has 100 valence electrons. The summed E-state index contributed by atoms with van der Waals surface area (Å²) >= 11 is 0. The van der Waals surface area contributed by atoms with Crippen LogP contribution in [-0.2, 0) is 4.74 Å². The van der Waals surface area contributed by atoms with Gasteiger partial charge in [-0.15, -0.1) is 0 Å². The van der Waals surface area contributed by atoms with Crippen molar-refractivity contribution < 1.29 is 9.53 Å². The number of fused-ring (bicyclic) bond motifs is 1. The third-order valence-electron chi connectivity index (χ3n) is 2.99. The molecule has 0 spiro atoms. The van der Waals surface area contributed by atoms with E-state index >= 15 is 0 Å². The Bertz CT molecular complexity index is 764. The van der Waals surface area contributed by atoms with Crippen LogP contribution in [0.25, 0.3) is 22.3 Å². The SMILES string of the molecule is CCOC(=O)c1cn[nH]c1-c1ccc2ccccc2n1. The Hall–Kier alpha value is -2.69. The molecule has 5 nitrogen and oxygen atoms in total. The monoisotopic (exact) mass is 267 g/mol. The van der Waals surface area contributed by atoms with Gasteiger partial charge < -0.3 is 4.74 Å². The number of esters is 1. The Morgan fingerprint density at radius 2 is 2.10 bits per heavy atom. The number of pyridine rings is 1. The summed E-state index contributed by atoms with van der Waals surface area (Å²) in [7, 11) is 0. The number of rotatable bonds is 3. The van der Waals surface area contributed by atoms with Gasteiger partial charge in [0, 0.05) is 5.39 Å². The molecule has 0 bridgehead atoms. The fourth-order valence-corrected chi connectivity index (χ4v) is 2.05. The van der Waals surface area contributed by atoms with E-state index < -0.39 is 5.97 Å². The van der Waals surface area contributed by atoms with Gasteiger partial charge in [-0.1, -0.05) is 24.3 Å². The zero-order valence-corrected chi connectivity index (χ0v) is 11.0. The van der Waals surface area contributed by atoms with Crippen molar-refractivity contribution in [1.29, 1.82) is 0 Å². The van der Waals surface area contributed by atoms with Crippen LogP contribution in [-0.4, -0.2) is 27.8 Å². The molecule has 3 rings (SSSR count). The van der Waals surface area contributed by atoms with Crippen molar-refractivity contribution in [2.75, 3.05) is 6.61 Å². The van der Waals surface area contributed by atoms with Crippen LogP contribution in [0.5, 0.6) is 0 Å². The smallest absolute Gasteiger partial charge is 0.342 e. The highest BCUT2D eigenvalue weighted by Gasteiger charge is 2.17. The molecule has 2 heterocycles. The lowest BCUT2D eigenvalue weighted by Gasteiger charge is -2.04. The average molecular weight is 267 g/mol. The first-order chi connectivity index (χ1) is 9.79. The number of para-hydroxylation sites is 1. The molecular formula is C15H13N3O2. The van der Waals surface area contributed by atoms with Gasteiger partial charge in [-0.2, -0.15) is 5.10 Å². The molecule has 0 aliphatic rings. The highest BCUT2D eigenvalue weighted by molar-refractivity contribution is 5.96. The van der Waals surface area contributed by atoms with E-state index in [0.717, 1.165) is 10.9 Å². The quantitative estimate of drug-likeness (QED) is 0.741. The van der Waals surface area contributed by atoms with Crippen molar-refractivity contribution >= 4 is 16.9 Å². The van der Waals surface area contributed by atoms with Crippen LogP contribution in [0.4, 0.5) is 0 Å². The Morgan fingerprint density at radius 1 is 1.25 bits per heavy atom. The first kappa shape index (κ1) is 12.3. The number of nitrogens with zero attached hydrogens (tertiary/aromatic N) is 2. The molecule has 0 amide bonds. The number of carbonyl (C=O) groups excluding carboxylic acids is 1. The van der Waals surface area contributed by atoms with E-state index in [2.05, 4.69) is 15.2 Å². The van der Waals surface area contributed by atoms with Crippen molar-refractivity contribution in [2.45, 2.75) is 6.92 Å². The molecule has 1 aromatic carbocycles. The summed E-state index contributed by atoms with van der Waals surface area (Å²) in [5, 5.41) is 7.78. The third-order valence-corrected chi connectivity index (χ3v) is 2.99. The fourth-order valence-electron chi connectivity index (χ4n) is 2.05. The topological polar surface area (TPSA) is 67.9 Å². The molecule has 0 unspecified atom stereocenters. The van der Waals surface area contributed by atoms with Crippen molar-refractivity contribution in [1.82, 2.24) is 15.2 Å². The van der Waals surface area contributed by atoms with E-state index in [-0.39, 0.29) is 0 Å². The minimum absolute atomic E-state index is 0.328. The van der Waals surface area contributed by atoms with Crippen molar-refractivity contribution in [3.63, 3.8) is 0 Å². The maximum Gasteiger partial charge on any atom is 0.342 e. The first-order valence-electron chi connectivity index (χ1n) is 6.36. The van der Waals surface area contributed by atoms with Gasteiger partial charge in [-0.3, -0.25) is 5.10 Å². The number of carbonyl (C=O) groups is 1. The molecule has 20 heavy (non-hydrogen) atoms. The van der Waals surface area contributed by atoms with Crippen LogP contribution in [0.1, 0.15) is 17.3 Å². The van der Waals surface area contributed by atoms with Gasteiger partial charge in [0.1, 0.15) is 5.56 Å². The predicted octanol–water partition coefficient (Wildman–Crippen LogP) is 2.80. The fraction of sp³-hybridized carbons (Fsp3) is 0.133. The summed E-state index contributed by atoms with van der Waals surface area (Å²) in [4.78, 5) is 16.4. The largest absolute Gasteiger partial charge is 0.462 e. The van der Waals surface area contributed by atoms with Gasteiger partial charge >= 0.3 is 5.97 Å². The van der Waals surface area contributed by atoms with E-state index in [1.807, 2.05) is 36.4 Å². The lowest BCUT2D eigenvalue weighted by Crippen LogP contribution is -2.05. The minimum Gasteiger partial charge on any atom is -0.462 e. The van der Waals surface area contributed by atoms with Crippen LogP contribution >= 0.6 is 0 Å². The summed E-state index contributed by atoms with van der Waals surface area (Å²) in [6.07, 6.45) is 1.46. The second kappa shape index (κ2) is 5.13. The van der Waals surface area contributed by atoms with Gasteiger partial charge in [0.25, 0.3) is 0 Å². The number of H-pyrrole nitrogens is 1. The van der Waals surface area contributed by atoms with Crippen LogP contribution in [0, 0.1) is 0 Å². The standard InChI is InChI=1S/C15H13N3O2/c1-2-20-15(19)11-9-16-18-14(11)13-8-7-10-5-3-4-6-12(10)17-13/h3-9H,2H2,1H3,(H,16,18). The van der Waals surface area contributed by atoms with Crippen molar-refractivity contribution in [3.8, 4) is 11.4 Å². The highest BCUT2D eigenvalue weighted by atomic mass is 16.5. The molecule has 3 aromatic rings. The number of benzene rings is 1. The Labute approximate surface area is 115 Å². The molecule has 0 saturated carbocycles. The van der Waals surface area contributed by atoms with Gasteiger partial charge in [0.15, 0.2) is 0 Å². The second-order valence-corrected chi connectivity index (χ2v) is 4.27. The molecule has 0 atom stereocenters. The summed E-state index contributed by atoms with van der Waals surface area (Å²) in [6.45, 7) is 2.10. The number of nitrogens with one attached hydrogen (secondary N) is 1. The second-order valence-electron chi connectivity index (χ2n) is 4.27. The van der Waals surface area contributed by atoms with Crippen LogP contribution < -0.4 is 0 Å². The molecule has 5 heteroatoms. The van der Waals surface area contributed by atoms with Gasteiger partial charge in [0.2, 0.25) is 0 Å². The number of hydrogen-bond acceptors (Lipinski definition) is 4. The van der Waals surface area contributed by atoms with E-state index in [1.54, 1.807) is 6.92 Å². The molecule has 2 aromatic heterocycles. The maximum absolute atomic E-state index is 11.9. The Kier molecular flexibility index (Phi) is 3.16. The molecule has 0 fully saturated rings. The molecule has 1 N–H and O–H groups in total. The maximum atomic E-state index is 11.9. The normalized spacial score (nSPS) is 10.7. The lowest BCUT2D eigenvalue weighted by molar-refractivity contribution is 0.0527. The van der Waals surface area contributed by atoms with Crippen LogP contribution in [0.3, 0.4) is 0 Å². The van der Waals surface area contributed by atoms with Gasteiger partial charge in [0.05, 0.1) is 29.7 Å². The highest BCUT2D eigenvalue weighted by Crippen LogP contribution is 2.22. The van der Waals surface area contributed by atoms with E-state index in [0.29, 0.717) is 23.6 Å². The van der Waals surface area contributed by atoms with E-state index in [9.17, 15) is 4.79 Å². The van der Waals surface area contributed by atoms with E-state index in [1.165, 1.54) is 6.20 Å². The predicted molar refractivity (Wildman–Crippen MR) is 75.3 cm³/mol. The molecule has 0 saturated heterocycles. The van der Waals surface area contributed by atoms with Crippen LogP contribution in [0.15, 0.2) is 42.6 Å². The molecular weight excluding hydrogens is 254 g/mol. The zero-order chi connectivity index (χ0) is 13.9. The van der Waals surface area contributed by atoms with Crippen molar-refractivity contribution in [3.05, 3.63) is 48.2 Å². The number of hydrogen-bond donors (Lipinski definition) is 1. The zero-order valence-electron chi connectivity index (χ0n) is 11.0. The summed E-state index contributed by atoms with van der Waals surface area (Å²) in [5.41, 5.74) is 2.52. The van der Waals surface area contributed by atoms with Crippen LogP contribution in [0.2, 0.25) is 0 Å². The van der Waals surface area contributed by atoms with E-state index in [4.69, 9.17) is 4.74 Å². The number of aromatic amines is 1. The summed E-state index contributed by atoms with van der Waals surface area (Å²) in [5.74, 6) is -0.397. The Balaban J connectivity index is 2.07. The average Bonchev–Trinajstić information content (AvgIpc) is 2.96. The third kappa shape index (κ3) is 2.14. The number of ether oxygens (including phenoxy) is 1. The molecule has 0 aliphatic carbocycles. The summed E-state index contributed by atoms with van der Waals surface area (Å²) < 4.78 is 5.01. The number of aromatic nitrogens is 3. The summed E-state index contributed by atoms with van der Waals surface area (Å²) in [6, 6.07) is 11.6. The lowest BCUT2D eigenvalue weighted by atomic mass is 10.1. The minimum atomic E-state index is -0.397.